The smallest absolute Gasteiger partial charge is 0.383 e. The molecule has 0 aliphatic heterocycles. The van der Waals surface area contributed by atoms with Crippen molar-refractivity contribution in [3.8, 4) is 11.1 Å². The first-order valence-corrected chi connectivity index (χ1v) is 16.7. The number of hydrogen-bond acceptors (Lipinski definition) is 6. The molecule has 0 spiro atoms. The Hall–Kier alpha value is -5.23. The molecule has 5 rings (SSSR count). The molecule has 0 amide bonds. The highest BCUT2D eigenvalue weighted by atomic mass is 16.5. The predicted octanol–water partition coefficient (Wildman–Crippen LogP) is 8.59. The summed E-state index contributed by atoms with van der Waals surface area (Å²) in [7, 11) is 0. The summed E-state index contributed by atoms with van der Waals surface area (Å²) in [4.78, 5) is 60.7. The second kappa shape index (κ2) is 16.6. The first kappa shape index (κ1) is 34.1. The van der Waals surface area contributed by atoms with Gasteiger partial charge >= 0.3 is 11.8 Å². The Bertz CT molecular complexity index is 1920. The molecule has 5 aromatic carbocycles. The summed E-state index contributed by atoms with van der Waals surface area (Å²) in [5.74, 6) is -6.62. The number of ketones is 4. The summed E-state index contributed by atoms with van der Waals surface area (Å²) >= 11 is 0. The second-order valence-corrected chi connectivity index (χ2v) is 12.3. The van der Waals surface area contributed by atoms with Crippen LogP contribution in [0.15, 0.2) is 109 Å². The van der Waals surface area contributed by atoms with Gasteiger partial charge in [0.15, 0.2) is 0 Å². The molecule has 1 unspecified atom stereocenters. The normalized spacial score (nSPS) is 11.7. The fourth-order valence-electron chi connectivity index (χ4n) is 6.32. The van der Waals surface area contributed by atoms with Gasteiger partial charge in [-0.3, -0.25) is 19.2 Å². The number of fused-ring (bicyclic) bond motifs is 3. The Labute approximate surface area is 281 Å². The van der Waals surface area contributed by atoms with Gasteiger partial charge in [0.2, 0.25) is 5.78 Å². The maximum Gasteiger partial charge on any atom is 0.383 e. The minimum Gasteiger partial charge on any atom is -0.455 e. The zero-order valence-corrected chi connectivity index (χ0v) is 27.3. The first-order chi connectivity index (χ1) is 23.4. The Morgan fingerprint density at radius 2 is 1.27 bits per heavy atom. The number of benzene rings is 5. The number of rotatable bonds is 17. The molecular weight excluding hydrogens is 600 g/mol. The molecule has 5 aromatic rings. The van der Waals surface area contributed by atoms with Gasteiger partial charge in [-0.05, 0) is 68.6 Å². The van der Waals surface area contributed by atoms with Crippen LogP contribution in [0.3, 0.4) is 0 Å². The monoisotopic (exact) mass is 640 g/mol. The maximum atomic E-state index is 12.3. The molecule has 6 heteroatoms. The molecule has 1 atom stereocenters. The summed E-state index contributed by atoms with van der Waals surface area (Å²) in [6.07, 6.45) is 5.99. The van der Waals surface area contributed by atoms with Crippen molar-refractivity contribution in [3.63, 3.8) is 0 Å². The second-order valence-electron chi connectivity index (χ2n) is 12.3. The Balaban J connectivity index is 1.09. The van der Waals surface area contributed by atoms with Gasteiger partial charge in [0.05, 0.1) is 0 Å². The Morgan fingerprint density at radius 1 is 0.604 bits per heavy atom. The summed E-state index contributed by atoms with van der Waals surface area (Å²) in [6, 6.07) is 36.8. The van der Waals surface area contributed by atoms with E-state index in [0.717, 1.165) is 32.1 Å². The van der Waals surface area contributed by atoms with E-state index in [-0.39, 0.29) is 13.0 Å². The number of carbonyl (C=O) groups excluding carboxylic acids is 5. The third kappa shape index (κ3) is 8.56. The quantitative estimate of drug-likeness (QED) is 0.0332. The van der Waals surface area contributed by atoms with E-state index >= 15 is 0 Å². The van der Waals surface area contributed by atoms with E-state index in [0.29, 0.717) is 24.3 Å². The van der Waals surface area contributed by atoms with Crippen LogP contribution in [0.4, 0.5) is 0 Å². The lowest BCUT2D eigenvalue weighted by atomic mass is 9.88. The number of hydrogen-bond donors (Lipinski definition) is 0. The number of ether oxygens (including phenoxy) is 1. The van der Waals surface area contributed by atoms with Crippen molar-refractivity contribution < 1.29 is 28.7 Å². The topological polar surface area (TPSA) is 94.6 Å². The van der Waals surface area contributed by atoms with E-state index in [4.69, 9.17) is 4.74 Å². The molecule has 6 nitrogen and oxygen atoms in total. The predicted molar refractivity (Wildman–Crippen MR) is 188 cm³/mol. The summed E-state index contributed by atoms with van der Waals surface area (Å²) in [5.41, 5.74) is 4.33. The van der Waals surface area contributed by atoms with Crippen molar-refractivity contribution in [1.82, 2.24) is 0 Å². The molecule has 0 aliphatic rings. The number of esters is 1. The van der Waals surface area contributed by atoms with Crippen LogP contribution >= 0.6 is 0 Å². The fraction of sp³-hybridized carbons (Fsp3) is 0.262. The van der Waals surface area contributed by atoms with Crippen molar-refractivity contribution in [2.24, 2.45) is 5.92 Å². The molecule has 244 valence electrons. The third-order valence-corrected chi connectivity index (χ3v) is 8.83. The van der Waals surface area contributed by atoms with E-state index in [9.17, 15) is 24.0 Å². The van der Waals surface area contributed by atoms with Gasteiger partial charge < -0.3 is 4.74 Å². The SMILES string of the molecule is CCCC(CCCCCC(=O)C(=O)C(=O)C(=O)C(=O)OCc1ccccc1)Cc1ccc(-c2cc3ccccc3c3ccccc23)cc1. The zero-order chi connectivity index (χ0) is 33.9. The van der Waals surface area contributed by atoms with Crippen molar-refractivity contribution in [3.05, 3.63) is 120 Å². The Kier molecular flexibility index (Phi) is 11.8. The molecule has 0 aromatic heterocycles. The average molecular weight is 641 g/mol. The molecule has 0 heterocycles. The fourth-order valence-corrected chi connectivity index (χ4v) is 6.32. The van der Waals surface area contributed by atoms with E-state index in [1.54, 1.807) is 30.3 Å². The lowest BCUT2D eigenvalue weighted by Gasteiger charge is -2.17. The average Bonchev–Trinajstić information content (AvgIpc) is 3.13. The molecule has 48 heavy (non-hydrogen) atoms. The summed E-state index contributed by atoms with van der Waals surface area (Å²) in [5, 5.41) is 4.98. The van der Waals surface area contributed by atoms with Crippen LogP contribution in [0.1, 0.15) is 63.0 Å². The standard InChI is InChI=1S/C42H40O6/c1-2-13-29(14-5-4-8-21-38(43)39(44)40(45)41(46)42(47)48-28-31-15-6-3-7-16-31)26-30-22-24-32(25-23-30)37-27-33-17-9-10-18-34(33)35-19-11-12-20-36(35)37/h3,6-7,9-12,15-20,22-25,27,29H,2,4-5,8,13-14,21,26,28H2,1H3. The van der Waals surface area contributed by atoms with Crippen molar-refractivity contribution in [2.45, 2.75) is 64.9 Å². The lowest BCUT2D eigenvalue weighted by molar-refractivity contribution is -0.159. The van der Waals surface area contributed by atoms with Crippen LogP contribution in [0.5, 0.6) is 0 Å². The van der Waals surface area contributed by atoms with Crippen LogP contribution in [0.25, 0.3) is 32.7 Å². The van der Waals surface area contributed by atoms with Gasteiger partial charge in [-0.15, -0.1) is 0 Å². The van der Waals surface area contributed by atoms with Gasteiger partial charge in [0, 0.05) is 6.42 Å². The highest BCUT2D eigenvalue weighted by Crippen LogP contribution is 2.35. The van der Waals surface area contributed by atoms with E-state index in [1.807, 2.05) is 0 Å². The van der Waals surface area contributed by atoms with Crippen LogP contribution in [-0.4, -0.2) is 29.1 Å². The van der Waals surface area contributed by atoms with Gasteiger partial charge in [0.25, 0.3) is 11.6 Å². The largest absolute Gasteiger partial charge is 0.455 e. The van der Waals surface area contributed by atoms with Gasteiger partial charge in [-0.25, -0.2) is 4.79 Å². The molecule has 0 N–H and O–H groups in total. The maximum absolute atomic E-state index is 12.3. The molecule has 0 saturated heterocycles. The summed E-state index contributed by atoms with van der Waals surface area (Å²) < 4.78 is 4.82. The van der Waals surface area contributed by atoms with E-state index in [1.165, 1.54) is 38.2 Å². The molecule has 0 radical (unpaired) electrons. The number of carbonyl (C=O) groups is 5. The van der Waals surface area contributed by atoms with Crippen LogP contribution in [0.2, 0.25) is 0 Å². The van der Waals surface area contributed by atoms with Crippen LogP contribution in [-0.2, 0) is 41.7 Å². The molecular formula is C42H40O6. The van der Waals surface area contributed by atoms with E-state index < -0.39 is 29.1 Å². The number of Topliss-reactive ketones (excluding diaryl/α,β-unsaturated/α-hetero) is 4. The van der Waals surface area contributed by atoms with Gasteiger partial charge in [-0.1, -0.05) is 142 Å². The molecule has 0 aliphatic carbocycles. The zero-order valence-electron chi connectivity index (χ0n) is 27.3. The van der Waals surface area contributed by atoms with Crippen LogP contribution in [0, 0.1) is 5.92 Å². The van der Waals surface area contributed by atoms with Crippen LogP contribution < -0.4 is 0 Å². The number of unbranched alkanes of at least 4 members (excludes halogenated alkanes) is 2. The minimum absolute atomic E-state index is 0.139. The Morgan fingerprint density at radius 3 is 2.00 bits per heavy atom. The highest BCUT2D eigenvalue weighted by molar-refractivity contribution is 6.85. The lowest BCUT2D eigenvalue weighted by Crippen LogP contribution is -2.35. The highest BCUT2D eigenvalue weighted by Gasteiger charge is 2.34. The van der Waals surface area contributed by atoms with Crippen molar-refractivity contribution in [1.29, 1.82) is 0 Å². The van der Waals surface area contributed by atoms with Gasteiger partial charge in [-0.2, -0.15) is 0 Å². The van der Waals surface area contributed by atoms with Gasteiger partial charge in [0.1, 0.15) is 6.61 Å². The molecule has 0 bridgehead atoms. The minimum atomic E-state index is -1.64. The van der Waals surface area contributed by atoms with Crippen molar-refractivity contribution >= 4 is 50.6 Å². The molecule has 0 saturated carbocycles. The van der Waals surface area contributed by atoms with Crippen molar-refractivity contribution in [2.75, 3.05) is 0 Å². The van der Waals surface area contributed by atoms with E-state index in [2.05, 4.69) is 85.8 Å². The summed E-state index contributed by atoms with van der Waals surface area (Å²) in [6.45, 7) is 1.97. The third-order valence-electron chi connectivity index (χ3n) is 8.83. The first-order valence-electron chi connectivity index (χ1n) is 16.7. The molecule has 0 fully saturated rings.